The zero-order chi connectivity index (χ0) is 24.1. The fourth-order valence-electron chi connectivity index (χ4n) is 3.46. The molecule has 1 heterocycles. The van der Waals surface area contributed by atoms with Gasteiger partial charge in [0.1, 0.15) is 5.60 Å². The smallest absolute Gasteiger partial charge is 0.407 e. The normalized spacial score (nSPS) is 14.2. The molecule has 1 aromatic heterocycles. The number of thiophene rings is 1. The topological polar surface area (TPSA) is 114 Å². The van der Waals surface area contributed by atoms with Crippen LogP contribution in [0.25, 0.3) is 0 Å². The van der Waals surface area contributed by atoms with Gasteiger partial charge in [0.05, 0.1) is 9.77 Å². The molecule has 8 nitrogen and oxygen atoms in total. The molecule has 0 saturated heterocycles. The lowest BCUT2D eigenvalue weighted by Gasteiger charge is -2.19. The van der Waals surface area contributed by atoms with Crippen LogP contribution in [-0.4, -0.2) is 39.1 Å². The van der Waals surface area contributed by atoms with Gasteiger partial charge in [-0.3, -0.25) is 4.79 Å². The number of nitrogens with one attached hydrogen (secondary N) is 3. The number of benzene rings is 1. The summed E-state index contributed by atoms with van der Waals surface area (Å²) in [6.07, 6.45) is 4.91. The standard InChI is InChI=1S/C23H31N3O5S2/c1-23(2,3)31-22(28)24-12-13-25-33(29,30)18-10-7-9-17(15-18)26-21(27)20-14-16-8-5-4-6-11-19(16)32-20/h7,9-10,14-15,25H,4-6,8,11-13H2,1-3H3,(H,24,28)(H,26,27). The molecule has 180 valence electrons. The van der Waals surface area contributed by atoms with E-state index in [1.165, 1.54) is 40.3 Å². The first-order valence-electron chi connectivity index (χ1n) is 11.0. The van der Waals surface area contributed by atoms with Gasteiger partial charge in [0.25, 0.3) is 5.91 Å². The Hall–Kier alpha value is -2.43. The number of ether oxygens (including phenoxy) is 1. The van der Waals surface area contributed by atoms with Gasteiger partial charge in [-0.25, -0.2) is 17.9 Å². The molecule has 3 rings (SSSR count). The number of fused-ring (bicyclic) bond motifs is 1. The molecule has 0 aliphatic heterocycles. The van der Waals surface area contributed by atoms with Crippen molar-refractivity contribution in [2.75, 3.05) is 18.4 Å². The molecule has 1 aromatic carbocycles. The Balaban J connectivity index is 1.57. The lowest BCUT2D eigenvalue weighted by molar-refractivity contribution is 0.0528. The van der Waals surface area contributed by atoms with Crippen molar-refractivity contribution in [2.45, 2.75) is 63.4 Å². The second kappa shape index (κ2) is 10.7. The number of anilines is 1. The molecular weight excluding hydrogens is 462 g/mol. The number of alkyl carbamates (subject to hydrolysis) is 1. The van der Waals surface area contributed by atoms with Crippen LogP contribution in [0.3, 0.4) is 0 Å². The summed E-state index contributed by atoms with van der Waals surface area (Å²) in [7, 11) is -3.81. The second-order valence-electron chi connectivity index (χ2n) is 8.93. The highest BCUT2D eigenvalue weighted by atomic mass is 32.2. The molecule has 3 N–H and O–H groups in total. The number of amides is 2. The molecule has 0 spiro atoms. The first-order valence-corrected chi connectivity index (χ1v) is 13.3. The SMILES string of the molecule is CC(C)(C)OC(=O)NCCNS(=O)(=O)c1cccc(NC(=O)c2cc3c(s2)CCCCC3)c1. The summed E-state index contributed by atoms with van der Waals surface area (Å²) in [5.74, 6) is -0.239. The number of rotatable bonds is 7. The minimum absolute atomic E-state index is 0.00108. The third kappa shape index (κ3) is 7.55. The van der Waals surface area contributed by atoms with Gasteiger partial charge < -0.3 is 15.4 Å². The molecule has 0 fully saturated rings. The van der Waals surface area contributed by atoms with E-state index in [0.717, 1.165) is 25.7 Å². The summed E-state index contributed by atoms with van der Waals surface area (Å²) in [5, 5.41) is 5.30. The molecule has 2 aromatic rings. The minimum Gasteiger partial charge on any atom is -0.444 e. The van der Waals surface area contributed by atoms with Gasteiger partial charge in [-0.1, -0.05) is 12.5 Å². The van der Waals surface area contributed by atoms with E-state index in [1.54, 1.807) is 32.9 Å². The van der Waals surface area contributed by atoms with E-state index in [4.69, 9.17) is 4.74 Å². The van der Waals surface area contributed by atoms with Crippen LogP contribution in [0.2, 0.25) is 0 Å². The third-order valence-electron chi connectivity index (χ3n) is 4.96. The number of hydrogen-bond acceptors (Lipinski definition) is 6. The fourth-order valence-corrected chi connectivity index (χ4v) is 5.69. The van der Waals surface area contributed by atoms with E-state index < -0.39 is 21.7 Å². The van der Waals surface area contributed by atoms with Crippen molar-refractivity contribution in [3.63, 3.8) is 0 Å². The first kappa shape index (κ1) is 25.2. The molecule has 0 atom stereocenters. The lowest BCUT2D eigenvalue weighted by Crippen LogP contribution is -2.37. The first-order chi connectivity index (χ1) is 15.5. The summed E-state index contributed by atoms with van der Waals surface area (Å²) >= 11 is 1.52. The van der Waals surface area contributed by atoms with Crippen molar-refractivity contribution in [1.82, 2.24) is 10.0 Å². The lowest BCUT2D eigenvalue weighted by atomic mass is 10.1. The zero-order valence-corrected chi connectivity index (χ0v) is 20.8. The van der Waals surface area contributed by atoms with Gasteiger partial charge in [0.15, 0.2) is 0 Å². The Labute approximate surface area is 199 Å². The predicted octanol–water partition coefficient (Wildman–Crippen LogP) is 4.07. The molecule has 1 aliphatic rings. The Morgan fingerprint density at radius 1 is 1.06 bits per heavy atom. The van der Waals surface area contributed by atoms with Crippen molar-refractivity contribution >= 4 is 39.0 Å². The summed E-state index contributed by atoms with van der Waals surface area (Å²) in [6, 6.07) is 8.06. The fraction of sp³-hybridized carbons (Fsp3) is 0.478. The van der Waals surface area contributed by atoms with Crippen molar-refractivity contribution in [1.29, 1.82) is 0 Å². The average molecular weight is 494 g/mol. The van der Waals surface area contributed by atoms with Crippen molar-refractivity contribution < 1.29 is 22.7 Å². The van der Waals surface area contributed by atoms with Crippen LogP contribution in [0.5, 0.6) is 0 Å². The maximum Gasteiger partial charge on any atom is 0.407 e. The average Bonchev–Trinajstić information content (AvgIpc) is 3.01. The Bertz CT molecular complexity index is 1080. The van der Waals surface area contributed by atoms with Gasteiger partial charge in [-0.05, 0) is 76.3 Å². The number of sulfonamides is 1. The largest absolute Gasteiger partial charge is 0.444 e. The van der Waals surface area contributed by atoms with Crippen LogP contribution in [0.15, 0.2) is 35.2 Å². The molecular formula is C23H31N3O5S2. The van der Waals surface area contributed by atoms with Crippen molar-refractivity contribution in [3.05, 3.63) is 45.6 Å². The van der Waals surface area contributed by atoms with E-state index >= 15 is 0 Å². The third-order valence-corrected chi connectivity index (χ3v) is 7.65. The molecule has 0 saturated carbocycles. The summed E-state index contributed by atoms with van der Waals surface area (Å²) < 4.78 is 32.8. The summed E-state index contributed by atoms with van der Waals surface area (Å²) in [6.45, 7) is 5.31. The molecule has 10 heteroatoms. The summed E-state index contributed by atoms with van der Waals surface area (Å²) in [5.41, 5.74) is 1.03. The van der Waals surface area contributed by atoms with Gasteiger partial charge in [0.2, 0.25) is 10.0 Å². The van der Waals surface area contributed by atoms with Gasteiger partial charge >= 0.3 is 6.09 Å². The van der Waals surface area contributed by atoms with Crippen LogP contribution >= 0.6 is 11.3 Å². The van der Waals surface area contributed by atoms with Crippen LogP contribution in [0, 0.1) is 0 Å². The maximum absolute atomic E-state index is 12.7. The monoisotopic (exact) mass is 493 g/mol. The van der Waals surface area contributed by atoms with Crippen LogP contribution in [-0.2, 0) is 27.6 Å². The van der Waals surface area contributed by atoms with Gasteiger partial charge in [-0.15, -0.1) is 11.3 Å². The van der Waals surface area contributed by atoms with Crippen LogP contribution in [0.1, 0.15) is 60.1 Å². The number of hydrogen-bond donors (Lipinski definition) is 3. The molecule has 0 radical (unpaired) electrons. The van der Waals surface area contributed by atoms with E-state index in [-0.39, 0.29) is 23.9 Å². The molecule has 2 amide bonds. The van der Waals surface area contributed by atoms with E-state index in [9.17, 15) is 18.0 Å². The molecule has 0 unspecified atom stereocenters. The highest BCUT2D eigenvalue weighted by Crippen LogP contribution is 2.29. The number of carbonyl (C=O) groups is 2. The predicted molar refractivity (Wildman–Crippen MR) is 129 cm³/mol. The van der Waals surface area contributed by atoms with Crippen molar-refractivity contribution in [3.8, 4) is 0 Å². The second-order valence-corrected chi connectivity index (χ2v) is 11.8. The molecule has 33 heavy (non-hydrogen) atoms. The minimum atomic E-state index is -3.81. The highest BCUT2D eigenvalue weighted by Gasteiger charge is 2.19. The quantitative estimate of drug-likeness (QED) is 0.397. The van der Waals surface area contributed by atoms with Crippen LogP contribution < -0.4 is 15.4 Å². The molecule has 0 bridgehead atoms. The Morgan fingerprint density at radius 3 is 2.58 bits per heavy atom. The number of carbonyl (C=O) groups excluding carboxylic acids is 2. The van der Waals surface area contributed by atoms with Gasteiger partial charge in [-0.2, -0.15) is 0 Å². The van der Waals surface area contributed by atoms with E-state index in [0.29, 0.717) is 10.6 Å². The molecule has 1 aliphatic carbocycles. The zero-order valence-electron chi connectivity index (χ0n) is 19.2. The maximum atomic E-state index is 12.7. The van der Waals surface area contributed by atoms with Gasteiger partial charge in [0, 0.05) is 23.7 Å². The number of aryl methyl sites for hydroxylation is 2. The Morgan fingerprint density at radius 2 is 1.82 bits per heavy atom. The van der Waals surface area contributed by atoms with E-state index in [2.05, 4.69) is 15.4 Å². The van der Waals surface area contributed by atoms with E-state index in [1.807, 2.05) is 6.07 Å². The van der Waals surface area contributed by atoms with Crippen molar-refractivity contribution in [2.24, 2.45) is 0 Å². The van der Waals surface area contributed by atoms with Crippen LogP contribution in [0.4, 0.5) is 10.5 Å². The Kier molecular flexibility index (Phi) is 8.14. The highest BCUT2D eigenvalue weighted by molar-refractivity contribution is 7.89. The summed E-state index contributed by atoms with van der Waals surface area (Å²) in [4.78, 5) is 26.3.